The van der Waals surface area contributed by atoms with E-state index in [1.165, 1.54) is 0 Å². The molecule has 0 spiro atoms. The smallest absolute Gasteiger partial charge is 0.351 e. The largest absolute Gasteiger partial charge is 0.680 e. The third kappa shape index (κ3) is 11.3. The van der Waals surface area contributed by atoms with Gasteiger partial charge in [0.1, 0.15) is 0 Å². The van der Waals surface area contributed by atoms with Gasteiger partial charge in [0.25, 0.3) is 0 Å². The van der Waals surface area contributed by atoms with Crippen molar-refractivity contribution < 1.29 is 17.7 Å². The van der Waals surface area contributed by atoms with Crippen molar-refractivity contribution in [3.8, 4) is 0 Å². The summed E-state index contributed by atoms with van der Waals surface area (Å²) in [5.41, 5.74) is -0.336. The van der Waals surface area contributed by atoms with Gasteiger partial charge in [-0.1, -0.05) is 40.0 Å². The van der Waals surface area contributed by atoms with Gasteiger partial charge in [0.2, 0.25) is 0 Å². The fourth-order valence-corrected chi connectivity index (χ4v) is 3.97. The van der Waals surface area contributed by atoms with Crippen molar-refractivity contribution >= 4 is 9.05 Å². The lowest BCUT2D eigenvalue weighted by molar-refractivity contribution is -0.0779. The minimum absolute atomic E-state index is 0.336. The van der Waals surface area contributed by atoms with E-state index in [1.807, 2.05) is 20.8 Å². The predicted octanol–water partition coefficient (Wildman–Crippen LogP) is 4.69. The maximum absolute atomic E-state index is 6.14. The fourth-order valence-electron chi connectivity index (χ4n) is 1.61. The second-order valence-electron chi connectivity index (χ2n) is 6.32. The Morgan fingerprint density at radius 2 is 1.00 bits per heavy atom. The van der Waals surface area contributed by atoms with E-state index in [9.17, 15) is 0 Å². The van der Waals surface area contributed by atoms with E-state index >= 15 is 0 Å². The average Bonchev–Trinajstić information content (AvgIpc) is 2.38. The third-order valence-corrected chi connectivity index (χ3v) is 5.30. The Kier molecular flexibility index (Phi) is 11.6. The summed E-state index contributed by atoms with van der Waals surface area (Å²) < 4.78 is 24.2. The summed E-state index contributed by atoms with van der Waals surface area (Å²) in [6.45, 7) is 14.4. The summed E-state index contributed by atoms with van der Waals surface area (Å²) in [5.74, 6) is 0. The molecule has 4 nitrogen and oxygen atoms in total. The third-order valence-electron chi connectivity index (χ3n) is 2.76. The van der Waals surface area contributed by atoms with Crippen LogP contribution in [0, 0.1) is 0 Å². The van der Waals surface area contributed by atoms with E-state index in [2.05, 4.69) is 20.8 Å². The highest BCUT2D eigenvalue weighted by molar-refractivity contribution is 6.53. The van der Waals surface area contributed by atoms with Crippen LogP contribution in [0.25, 0.3) is 0 Å². The minimum atomic E-state index is -3.04. The molecule has 128 valence electrons. The molecule has 0 unspecified atom stereocenters. The van der Waals surface area contributed by atoms with Crippen LogP contribution in [0.1, 0.15) is 80.1 Å². The van der Waals surface area contributed by atoms with Crippen molar-refractivity contribution in [1.82, 2.24) is 0 Å². The Bertz CT molecular complexity index is 214. The molecule has 0 saturated heterocycles. The second-order valence-corrected chi connectivity index (χ2v) is 8.39. The van der Waals surface area contributed by atoms with E-state index in [4.69, 9.17) is 17.7 Å². The molecule has 0 rings (SSSR count). The molecule has 0 radical (unpaired) electrons. The number of unbranched alkanes of at least 4 members (excludes halogenated alkanes) is 3. The zero-order valence-electron chi connectivity index (χ0n) is 15.0. The van der Waals surface area contributed by atoms with E-state index in [0.717, 1.165) is 38.5 Å². The van der Waals surface area contributed by atoms with Gasteiger partial charge in [-0.25, -0.2) is 0 Å². The molecular formula is C16H36O4Si. The molecule has 0 aromatic carbocycles. The molecule has 21 heavy (non-hydrogen) atoms. The molecular weight excluding hydrogens is 284 g/mol. The van der Waals surface area contributed by atoms with Gasteiger partial charge in [-0.05, 0) is 40.0 Å². The highest BCUT2D eigenvalue weighted by atomic mass is 28.4. The summed E-state index contributed by atoms with van der Waals surface area (Å²) in [5, 5.41) is 0. The van der Waals surface area contributed by atoms with E-state index < -0.39 is 9.05 Å². The van der Waals surface area contributed by atoms with E-state index in [-0.39, 0.29) is 5.60 Å². The molecule has 0 fully saturated rings. The van der Waals surface area contributed by atoms with Crippen LogP contribution in [0.15, 0.2) is 0 Å². The first-order valence-corrected chi connectivity index (χ1v) is 10.1. The summed E-state index contributed by atoms with van der Waals surface area (Å²) in [7, 11) is -3.04. The van der Waals surface area contributed by atoms with Gasteiger partial charge >= 0.3 is 9.05 Å². The highest BCUT2D eigenvalue weighted by Gasteiger charge is 2.48. The topological polar surface area (TPSA) is 36.9 Å². The molecule has 0 aliphatic rings. The Morgan fingerprint density at radius 1 is 0.667 bits per heavy atom. The van der Waals surface area contributed by atoms with Crippen LogP contribution in [-0.2, 0) is 17.7 Å². The van der Waals surface area contributed by atoms with Gasteiger partial charge < -0.3 is 17.7 Å². The maximum Gasteiger partial charge on any atom is 0.680 e. The van der Waals surface area contributed by atoms with Crippen LogP contribution in [0.3, 0.4) is 0 Å². The molecule has 0 aliphatic heterocycles. The summed E-state index contributed by atoms with van der Waals surface area (Å²) in [6.07, 6.45) is 6.25. The van der Waals surface area contributed by atoms with Crippen molar-refractivity contribution in [3.05, 3.63) is 0 Å². The van der Waals surface area contributed by atoms with Crippen LogP contribution in [0.5, 0.6) is 0 Å². The van der Waals surface area contributed by atoms with Crippen LogP contribution in [-0.4, -0.2) is 34.5 Å². The average molecular weight is 321 g/mol. The lowest BCUT2D eigenvalue weighted by Crippen LogP contribution is -2.54. The van der Waals surface area contributed by atoms with Gasteiger partial charge in [-0.3, -0.25) is 0 Å². The molecule has 0 aliphatic carbocycles. The Hall–Kier alpha value is 0.0569. The van der Waals surface area contributed by atoms with Crippen LogP contribution < -0.4 is 0 Å². The predicted molar refractivity (Wildman–Crippen MR) is 89.2 cm³/mol. The summed E-state index contributed by atoms with van der Waals surface area (Å²) in [4.78, 5) is 0. The van der Waals surface area contributed by atoms with Gasteiger partial charge in [-0.15, -0.1) is 0 Å². The minimum Gasteiger partial charge on any atom is -0.351 e. The molecule has 0 amide bonds. The lowest BCUT2D eigenvalue weighted by Gasteiger charge is -2.34. The molecule has 0 atom stereocenters. The molecule has 0 saturated carbocycles. The lowest BCUT2D eigenvalue weighted by atomic mass is 10.2. The first kappa shape index (κ1) is 21.1. The zero-order chi connectivity index (χ0) is 16.2. The second kappa shape index (κ2) is 11.6. The molecule has 0 N–H and O–H groups in total. The van der Waals surface area contributed by atoms with Crippen LogP contribution in [0.4, 0.5) is 0 Å². The highest BCUT2D eigenvalue weighted by Crippen LogP contribution is 2.22. The monoisotopic (exact) mass is 320 g/mol. The van der Waals surface area contributed by atoms with Gasteiger partial charge in [0, 0.05) is 19.8 Å². The Morgan fingerprint density at radius 3 is 1.24 bits per heavy atom. The summed E-state index contributed by atoms with van der Waals surface area (Å²) >= 11 is 0. The fraction of sp³-hybridized carbons (Fsp3) is 1.00. The quantitative estimate of drug-likeness (QED) is 0.364. The van der Waals surface area contributed by atoms with E-state index in [1.54, 1.807) is 0 Å². The molecule has 0 aromatic rings. The molecule has 0 bridgehead atoms. The zero-order valence-corrected chi connectivity index (χ0v) is 16.0. The normalized spacial score (nSPS) is 12.9. The SMILES string of the molecule is CCCCO[Si](OCCCC)(OCCCC)OC(C)(C)C. The van der Waals surface area contributed by atoms with Gasteiger partial charge in [-0.2, -0.15) is 0 Å². The molecule has 0 aromatic heterocycles. The summed E-state index contributed by atoms with van der Waals surface area (Å²) in [6, 6.07) is 0. The first-order chi connectivity index (χ1) is 9.89. The molecule has 0 heterocycles. The first-order valence-electron chi connectivity index (χ1n) is 8.51. The van der Waals surface area contributed by atoms with E-state index in [0.29, 0.717) is 19.8 Å². The van der Waals surface area contributed by atoms with Crippen molar-refractivity contribution in [2.45, 2.75) is 85.7 Å². The Balaban J connectivity index is 4.78. The number of hydrogen-bond donors (Lipinski definition) is 0. The van der Waals surface area contributed by atoms with Crippen LogP contribution in [0.2, 0.25) is 0 Å². The van der Waals surface area contributed by atoms with Crippen molar-refractivity contribution in [1.29, 1.82) is 0 Å². The number of rotatable bonds is 13. The number of hydrogen-bond acceptors (Lipinski definition) is 4. The van der Waals surface area contributed by atoms with Crippen molar-refractivity contribution in [2.24, 2.45) is 0 Å². The molecule has 5 heteroatoms. The van der Waals surface area contributed by atoms with Gasteiger partial charge in [0.05, 0.1) is 5.60 Å². The standard InChI is InChI=1S/C16H36O4Si/c1-7-10-13-17-21(18-14-11-8-2,19-15-12-9-3)20-16(4,5)6/h7-15H2,1-6H3. The van der Waals surface area contributed by atoms with Crippen molar-refractivity contribution in [2.75, 3.05) is 19.8 Å². The van der Waals surface area contributed by atoms with Crippen LogP contribution >= 0.6 is 0 Å². The van der Waals surface area contributed by atoms with Gasteiger partial charge in [0.15, 0.2) is 0 Å². The van der Waals surface area contributed by atoms with Crippen molar-refractivity contribution in [3.63, 3.8) is 0 Å². The Labute approximate surface area is 133 Å². The maximum atomic E-state index is 6.14.